The van der Waals surface area contributed by atoms with Crippen molar-refractivity contribution in [3.05, 3.63) is 42.2 Å². The lowest BCUT2D eigenvalue weighted by atomic mass is 10.1. The molecule has 0 saturated carbocycles. The van der Waals surface area contributed by atoms with Crippen LogP contribution in [0, 0.1) is 5.92 Å². The lowest BCUT2D eigenvalue weighted by Crippen LogP contribution is -2.25. The third-order valence-corrected chi connectivity index (χ3v) is 4.97. The van der Waals surface area contributed by atoms with E-state index in [1.165, 1.54) is 11.8 Å². The van der Waals surface area contributed by atoms with Crippen molar-refractivity contribution in [2.75, 3.05) is 12.3 Å². The summed E-state index contributed by atoms with van der Waals surface area (Å²) in [4.78, 5) is 29.4. The quantitative estimate of drug-likeness (QED) is 0.871. The fraction of sp³-hybridized carbons (Fsp3) is 0.353. The number of nitrogens with zero attached hydrogens (tertiary/aromatic N) is 2. The molecule has 0 bridgehead atoms. The Kier molecular flexibility index (Phi) is 4.43. The zero-order valence-corrected chi connectivity index (χ0v) is 13.3. The zero-order chi connectivity index (χ0) is 15.5. The Morgan fingerprint density at radius 3 is 3.00 bits per heavy atom. The van der Waals surface area contributed by atoms with Crippen LogP contribution >= 0.6 is 11.8 Å². The Balaban J connectivity index is 1.72. The van der Waals surface area contributed by atoms with Gasteiger partial charge >= 0.3 is 0 Å². The van der Waals surface area contributed by atoms with E-state index >= 15 is 0 Å². The van der Waals surface area contributed by atoms with Crippen LogP contribution in [0.15, 0.2) is 36.7 Å². The lowest BCUT2D eigenvalue weighted by Gasteiger charge is -2.17. The van der Waals surface area contributed by atoms with Gasteiger partial charge in [-0.1, -0.05) is 36.0 Å². The van der Waals surface area contributed by atoms with Gasteiger partial charge in [0.05, 0.1) is 0 Å². The van der Waals surface area contributed by atoms with Gasteiger partial charge in [-0.15, -0.1) is 0 Å². The molecular weight excluding hydrogens is 296 g/mol. The summed E-state index contributed by atoms with van der Waals surface area (Å²) in [6.07, 6.45) is 4.22. The number of likely N-dealkylation sites (tertiary alicyclic amines) is 1. The molecule has 0 spiro atoms. The molecule has 0 N–H and O–H groups in total. The molecule has 4 nitrogen and oxygen atoms in total. The summed E-state index contributed by atoms with van der Waals surface area (Å²) in [5, 5.41) is 2.35. The number of aromatic nitrogens is 1. The van der Waals surface area contributed by atoms with E-state index in [-0.39, 0.29) is 16.9 Å². The molecule has 1 unspecified atom stereocenters. The number of fused-ring (bicyclic) bond motifs is 1. The van der Waals surface area contributed by atoms with Crippen LogP contribution in [-0.4, -0.2) is 33.2 Å². The highest BCUT2D eigenvalue weighted by Gasteiger charge is 2.29. The average Bonchev–Trinajstić information content (AvgIpc) is 2.86. The summed E-state index contributed by atoms with van der Waals surface area (Å²) in [6.45, 7) is 2.89. The minimum Gasteiger partial charge on any atom is -0.338 e. The molecule has 3 rings (SSSR count). The van der Waals surface area contributed by atoms with Crippen molar-refractivity contribution in [2.45, 2.75) is 19.9 Å². The Bertz CT molecular complexity index is 711. The van der Waals surface area contributed by atoms with Crippen molar-refractivity contribution in [2.24, 2.45) is 5.92 Å². The summed E-state index contributed by atoms with van der Waals surface area (Å²) in [7, 11) is 0. The number of amides is 1. The first kappa shape index (κ1) is 15.0. The molecule has 1 fully saturated rings. The Hall–Kier alpha value is -1.88. The highest BCUT2D eigenvalue weighted by molar-refractivity contribution is 8.13. The van der Waals surface area contributed by atoms with Crippen LogP contribution in [0.25, 0.3) is 10.8 Å². The summed E-state index contributed by atoms with van der Waals surface area (Å²) < 4.78 is 0. The zero-order valence-electron chi connectivity index (χ0n) is 12.5. The van der Waals surface area contributed by atoms with Crippen molar-refractivity contribution in [3.8, 4) is 0 Å². The molecule has 22 heavy (non-hydrogen) atoms. The third-order valence-electron chi connectivity index (χ3n) is 3.93. The molecule has 1 aliphatic heterocycles. The second kappa shape index (κ2) is 6.48. The molecule has 1 aromatic heterocycles. The average molecular weight is 314 g/mol. The van der Waals surface area contributed by atoms with Crippen LogP contribution in [0.1, 0.15) is 18.9 Å². The van der Waals surface area contributed by atoms with Crippen LogP contribution in [-0.2, 0) is 16.1 Å². The van der Waals surface area contributed by atoms with Crippen molar-refractivity contribution in [1.82, 2.24) is 9.88 Å². The van der Waals surface area contributed by atoms with Crippen molar-refractivity contribution >= 4 is 33.6 Å². The molecule has 1 atom stereocenters. The van der Waals surface area contributed by atoms with E-state index < -0.39 is 0 Å². The van der Waals surface area contributed by atoms with Gasteiger partial charge in [0.25, 0.3) is 0 Å². The van der Waals surface area contributed by atoms with Crippen molar-refractivity contribution in [3.63, 3.8) is 0 Å². The third kappa shape index (κ3) is 3.30. The van der Waals surface area contributed by atoms with E-state index in [4.69, 9.17) is 0 Å². The Morgan fingerprint density at radius 1 is 1.36 bits per heavy atom. The number of carbonyl (C=O) groups excluding carboxylic acids is 2. The van der Waals surface area contributed by atoms with Gasteiger partial charge in [0, 0.05) is 50.0 Å². The predicted octanol–water partition coefficient (Wildman–Crippen LogP) is 2.86. The number of benzene rings is 1. The first-order valence-electron chi connectivity index (χ1n) is 7.36. The fourth-order valence-corrected chi connectivity index (χ4v) is 3.56. The fourth-order valence-electron chi connectivity index (χ4n) is 2.86. The standard InChI is InChI=1S/C17H18N2O2S/c1-12(20)22-11-13-6-17(21)19(9-13)10-15-8-18-7-14-4-2-3-5-16(14)15/h2-5,7-8,13H,6,9-11H2,1H3. The molecular formula is C17H18N2O2S. The SMILES string of the molecule is CC(=O)SCC1CC(=O)N(Cc2cncc3ccccc23)C1. The van der Waals surface area contributed by atoms with E-state index in [1.807, 2.05) is 35.5 Å². The number of carbonyl (C=O) groups is 2. The summed E-state index contributed by atoms with van der Waals surface area (Å²) in [5.74, 6) is 1.16. The molecule has 5 heteroatoms. The molecule has 0 aliphatic carbocycles. The minimum atomic E-state index is 0.115. The Morgan fingerprint density at radius 2 is 2.18 bits per heavy atom. The summed E-state index contributed by atoms with van der Waals surface area (Å²) in [5.41, 5.74) is 1.08. The minimum absolute atomic E-state index is 0.115. The van der Waals surface area contributed by atoms with Crippen LogP contribution in [0.3, 0.4) is 0 Å². The molecule has 1 aliphatic rings. The first-order chi connectivity index (χ1) is 10.6. The molecule has 1 amide bonds. The first-order valence-corrected chi connectivity index (χ1v) is 8.35. The second-order valence-corrected chi connectivity index (χ2v) is 6.86. The summed E-state index contributed by atoms with van der Waals surface area (Å²) in [6, 6.07) is 8.09. The van der Waals surface area contributed by atoms with E-state index in [9.17, 15) is 9.59 Å². The largest absolute Gasteiger partial charge is 0.338 e. The normalized spacial score (nSPS) is 18.1. The maximum atomic E-state index is 12.2. The van der Waals surface area contributed by atoms with Crippen molar-refractivity contribution < 1.29 is 9.59 Å². The Labute approximate surface area is 133 Å². The predicted molar refractivity (Wildman–Crippen MR) is 88.4 cm³/mol. The number of hydrogen-bond donors (Lipinski definition) is 0. The number of hydrogen-bond acceptors (Lipinski definition) is 4. The van der Waals surface area contributed by atoms with Gasteiger partial charge in [-0.3, -0.25) is 14.6 Å². The van der Waals surface area contributed by atoms with Crippen LogP contribution in [0.2, 0.25) is 0 Å². The van der Waals surface area contributed by atoms with Crippen molar-refractivity contribution in [1.29, 1.82) is 0 Å². The van der Waals surface area contributed by atoms with Gasteiger partial charge in [-0.25, -0.2) is 0 Å². The van der Waals surface area contributed by atoms with E-state index in [0.29, 0.717) is 13.0 Å². The van der Waals surface area contributed by atoms with Crippen LogP contribution in [0.4, 0.5) is 0 Å². The molecule has 1 saturated heterocycles. The van der Waals surface area contributed by atoms with Gasteiger partial charge < -0.3 is 4.90 Å². The molecule has 2 aromatic rings. The van der Waals surface area contributed by atoms with Gasteiger partial charge in [-0.05, 0) is 16.9 Å². The molecule has 0 radical (unpaired) electrons. The monoisotopic (exact) mass is 314 g/mol. The van der Waals surface area contributed by atoms with Gasteiger partial charge in [0.2, 0.25) is 5.91 Å². The van der Waals surface area contributed by atoms with Gasteiger partial charge in [-0.2, -0.15) is 0 Å². The number of pyridine rings is 1. The van der Waals surface area contributed by atoms with Gasteiger partial charge in [0.15, 0.2) is 5.12 Å². The topological polar surface area (TPSA) is 50.3 Å². The highest BCUT2D eigenvalue weighted by atomic mass is 32.2. The smallest absolute Gasteiger partial charge is 0.223 e. The summed E-state index contributed by atoms with van der Waals surface area (Å²) >= 11 is 1.31. The molecule has 2 heterocycles. The maximum Gasteiger partial charge on any atom is 0.223 e. The van der Waals surface area contributed by atoms with E-state index in [2.05, 4.69) is 11.1 Å². The molecule has 114 valence electrons. The van der Waals surface area contributed by atoms with Crippen LogP contribution < -0.4 is 0 Å². The maximum absolute atomic E-state index is 12.2. The van der Waals surface area contributed by atoms with E-state index in [0.717, 1.165) is 28.6 Å². The van der Waals surface area contributed by atoms with E-state index in [1.54, 1.807) is 6.92 Å². The van der Waals surface area contributed by atoms with Gasteiger partial charge in [0.1, 0.15) is 0 Å². The van der Waals surface area contributed by atoms with Crippen LogP contribution in [0.5, 0.6) is 0 Å². The molecule has 1 aromatic carbocycles. The lowest BCUT2D eigenvalue weighted by molar-refractivity contribution is -0.128. The second-order valence-electron chi connectivity index (χ2n) is 5.67. The number of thioether (sulfide) groups is 1. The highest BCUT2D eigenvalue weighted by Crippen LogP contribution is 2.25. The number of rotatable bonds is 4.